The molecule has 1 N–H and O–H groups in total. The molecule has 1 saturated heterocycles. The first-order valence-corrected chi connectivity index (χ1v) is 9.47. The van der Waals surface area contributed by atoms with Gasteiger partial charge < -0.3 is 14.8 Å². The van der Waals surface area contributed by atoms with Crippen LogP contribution in [0, 0.1) is 11.8 Å². The van der Waals surface area contributed by atoms with Crippen LogP contribution in [0.3, 0.4) is 0 Å². The van der Waals surface area contributed by atoms with Gasteiger partial charge in [-0.15, -0.1) is 0 Å². The number of hydrogen-bond acceptors (Lipinski definition) is 4. The predicted molar refractivity (Wildman–Crippen MR) is 93.2 cm³/mol. The zero-order valence-corrected chi connectivity index (χ0v) is 14.4. The van der Waals surface area contributed by atoms with E-state index in [1.54, 1.807) is 0 Å². The minimum Gasteiger partial charge on any atom is -0.462 e. The summed E-state index contributed by atoms with van der Waals surface area (Å²) in [6, 6.07) is 6.39. The Balaban J connectivity index is 1.63. The Hall–Kier alpha value is -1.55. The molecule has 3 aliphatic rings. The summed E-state index contributed by atoms with van der Waals surface area (Å²) in [6.45, 7) is 3.06. The van der Waals surface area contributed by atoms with E-state index in [1.807, 2.05) is 25.1 Å². The molecule has 4 rings (SSSR count). The maximum atomic E-state index is 12.1. The number of fused-ring (bicyclic) bond motifs is 3. The highest BCUT2D eigenvalue weighted by Gasteiger charge is 2.44. The zero-order valence-electron chi connectivity index (χ0n) is 14.4. The van der Waals surface area contributed by atoms with Crippen LogP contribution in [-0.2, 0) is 9.47 Å². The highest BCUT2D eigenvalue weighted by atomic mass is 16.5. The van der Waals surface area contributed by atoms with Crippen LogP contribution in [0.2, 0.25) is 0 Å². The van der Waals surface area contributed by atoms with Crippen LogP contribution >= 0.6 is 0 Å². The van der Waals surface area contributed by atoms with Gasteiger partial charge in [-0.3, -0.25) is 0 Å². The lowest BCUT2D eigenvalue weighted by atomic mass is 9.73. The molecule has 2 fully saturated rings. The number of ether oxygens (including phenoxy) is 2. The third kappa shape index (κ3) is 2.81. The first kappa shape index (κ1) is 15.9. The number of carbonyl (C=O) groups is 1. The Morgan fingerprint density at radius 1 is 1.25 bits per heavy atom. The van der Waals surface area contributed by atoms with Gasteiger partial charge in [0.15, 0.2) is 0 Å². The van der Waals surface area contributed by atoms with E-state index in [9.17, 15) is 4.79 Å². The second-order valence-corrected chi connectivity index (χ2v) is 7.33. The van der Waals surface area contributed by atoms with E-state index in [4.69, 9.17) is 9.47 Å². The lowest BCUT2D eigenvalue weighted by molar-refractivity contribution is 0.0524. The molecule has 0 amide bonds. The van der Waals surface area contributed by atoms with Gasteiger partial charge in [-0.25, -0.2) is 4.79 Å². The zero-order chi connectivity index (χ0) is 16.5. The molecule has 0 radical (unpaired) electrons. The van der Waals surface area contributed by atoms with E-state index in [2.05, 4.69) is 5.32 Å². The van der Waals surface area contributed by atoms with Crippen LogP contribution in [0.4, 0.5) is 5.69 Å². The Morgan fingerprint density at radius 2 is 2.08 bits per heavy atom. The molecular weight excluding hydrogens is 302 g/mol. The largest absolute Gasteiger partial charge is 0.462 e. The summed E-state index contributed by atoms with van der Waals surface area (Å²) in [4.78, 5) is 12.1. The molecule has 3 atom stereocenters. The van der Waals surface area contributed by atoms with Gasteiger partial charge >= 0.3 is 5.97 Å². The minimum absolute atomic E-state index is 0.127. The number of esters is 1. The monoisotopic (exact) mass is 329 g/mol. The quantitative estimate of drug-likeness (QED) is 0.839. The Morgan fingerprint density at radius 3 is 2.88 bits per heavy atom. The van der Waals surface area contributed by atoms with Crippen molar-refractivity contribution >= 4 is 11.7 Å². The standard InChI is InChI=1S/C20H27NO3/c1-2-23-20(22)14-8-9-17-16(12-14)19-15(10-11-24-19)18(21-17)13-6-4-3-5-7-13/h8-9,12-13,15,18-19,21H,2-7,10-11H2,1H3/t15-,18+,19-/m0/s1. The number of nitrogens with one attached hydrogen (secondary N) is 1. The molecule has 0 unspecified atom stereocenters. The van der Waals surface area contributed by atoms with Crippen LogP contribution in [0.5, 0.6) is 0 Å². The van der Waals surface area contributed by atoms with Crippen molar-refractivity contribution in [2.75, 3.05) is 18.5 Å². The van der Waals surface area contributed by atoms with Crippen molar-refractivity contribution in [3.05, 3.63) is 29.3 Å². The first-order valence-electron chi connectivity index (χ1n) is 9.47. The summed E-state index contributed by atoms with van der Waals surface area (Å²) in [5, 5.41) is 3.80. The summed E-state index contributed by atoms with van der Waals surface area (Å²) in [7, 11) is 0. The van der Waals surface area contributed by atoms with Crippen molar-refractivity contribution in [1.29, 1.82) is 0 Å². The van der Waals surface area contributed by atoms with Gasteiger partial charge in [0.2, 0.25) is 0 Å². The minimum atomic E-state index is -0.246. The molecule has 1 aliphatic carbocycles. The van der Waals surface area contributed by atoms with Crippen molar-refractivity contribution in [2.45, 2.75) is 57.6 Å². The summed E-state index contributed by atoms with van der Waals surface area (Å²) in [5.74, 6) is 1.04. The average molecular weight is 329 g/mol. The number of hydrogen-bond donors (Lipinski definition) is 1. The lowest BCUT2D eigenvalue weighted by Gasteiger charge is -2.42. The van der Waals surface area contributed by atoms with Crippen LogP contribution in [0.1, 0.15) is 67.5 Å². The topological polar surface area (TPSA) is 47.6 Å². The molecule has 1 saturated carbocycles. The molecule has 130 valence electrons. The molecule has 4 heteroatoms. The van der Waals surface area contributed by atoms with Gasteiger partial charge in [0.1, 0.15) is 0 Å². The van der Waals surface area contributed by atoms with Gasteiger partial charge in [0, 0.05) is 29.8 Å². The van der Waals surface area contributed by atoms with Gasteiger partial charge in [0.05, 0.1) is 18.3 Å². The van der Waals surface area contributed by atoms with E-state index in [1.165, 1.54) is 32.1 Å². The second-order valence-electron chi connectivity index (χ2n) is 7.33. The summed E-state index contributed by atoms with van der Waals surface area (Å²) >= 11 is 0. The smallest absolute Gasteiger partial charge is 0.338 e. The fourth-order valence-corrected chi connectivity index (χ4v) is 4.81. The summed E-state index contributed by atoms with van der Waals surface area (Å²) in [5.41, 5.74) is 2.90. The van der Waals surface area contributed by atoms with Crippen LogP contribution in [0.25, 0.3) is 0 Å². The Kier molecular flexibility index (Phi) is 4.49. The first-order chi connectivity index (χ1) is 11.8. The molecule has 0 aromatic heterocycles. The van der Waals surface area contributed by atoms with Gasteiger partial charge in [0.25, 0.3) is 0 Å². The molecule has 24 heavy (non-hydrogen) atoms. The van der Waals surface area contributed by atoms with E-state index in [0.717, 1.165) is 30.2 Å². The van der Waals surface area contributed by atoms with Crippen molar-refractivity contribution in [1.82, 2.24) is 0 Å². The molecule has 2 aliphatic heterocycles. The maximum absolute atomic E-state index is 12.1. The Labute approximate surface area is 143 Å². The fraction of sp³-hybridized carbons (Fsp3) is 0.650. The van der Waals surface area contributed by atoms with Crippen molar-refractivity contribution in [3.63, 3.8) is 0 Å². The number of carbonyl (C=O) groups excluding carboxylic acids is 1. The SMILES string of the molecule is CCOC(=O)c1ccc2c(c1)[C@H]1OCC[C@H]1[C@@H](C1CCCCC1)N2. The van der Waals surface area contributed by atoms with Crippen LogP contribution in [0.15, 0.2) is 18.2 Å². The lowest BCUT2D eigenvalue weighted by Crippen LogP contribution is -2.42. The molecule has 4 nitrogen and oxygen atoms in total. The Bertz CT molecular complexity index is 609. The molecular formula is C20H27NO3. The molecule has 2 heterocycles. The van der Waals surface area contributed by atoms with Crippen LogP contribution < -0.4 is 5.32 Å². The summed E-state index contributed by atoms with van der Waals surface area (Å²) < 4.78 is 11.3. The maximum Gasteiger partial charge on any atom is 0.338 e. The third-order valence-corrected chi connectivity index (χ3v) is 5.95. The average Bonchev–Trinajstić information content (AvgIpc) is 3.11. The normalized spacial score (nSPS) is 29.5. The van der Waals surface area contributed by atoms with Crippen molar-refractivity contribution in [3.8, 4) is 0 Å². The van der Waals surface area contributed by atoms with Crippen molar-refractivity contribution in [2.24, 2.45) is 11.8 Å². The third-order valence-electron chi connectivity index (χ3n) is 5.95. The molecule has 0 spiro atoms. The molecule has 1 aromatic rings. The molecule has 1 aromatic carbocycles. The summed E-state index contributed by atoms with van der Waals surface area (Å²) in [6.07, 6.45) is 8.00. The van der Waals surface area contributed by atoms with Gasteiger partial charge in [-0.2, -0.15) is 0 Å². The van der Waals surface area contributed by atoms with E-state index < -0.39 is 0 Å². The second kappa shape index (κ2) is 6.75. The number of benzene rings is 1. The van der Waals surface area contributed by atoms with Gasteiger partial charge in [-0.1, -0.05) is 19.3 Å². The predicted octanol–water partition coefficient (Wildman–Crippen LogP) is 4.32. The van der Waals surface area contributed by atoms with Crippen LogP contribution in [-0.4, -0.2) is 25.2 Å². The van der Waals surface area contributed by atoms with Crippen molar-refractivity contribution < 1.29 is 14.3 Å². The van der Waals surface area contributed by atoms with E-state index >= 15 is 0 Å². The highest BCUT2D eigenvalue weighted by Crippen LogP contribution is 2.48. The van der Waals surface area contributed by atoms with E-state index in [0.29, 0.717) is 24.1 Å². The van der Waals surface area contributed by atoms with Gasteiger partial charge in [-0.05, 0) is 50.3 Å². The number of rotatable bonds is 3. The molecule has 0 bridgehead atoms. The highest BCUT2D eigenvalue weighted by molar-refractivity contribution is 5.90. The fourth-order valence-electron chi connectivity index (χ4n) is 4.81. The van der Waals surface area contributed by atoms with E-state index in [-0.39, 0.29) is 12.1 Å². The number of anilines is 1.